The van der Waals surface area contributed by atoms with Crippen molar-refractivity contribution in [1.29, 1.82) is 0 Å². The Morgan fingerprint density at radius 2 is 1.09 bits per heavy atom. The second-order valence-electron chi connectivity index (χ2n) is 20.7. The van der Waals surface area contributed by atoms with E-state index in [0.29, 0.717) is 11.4 Å². The van der Waals surface area contributed by atoms with E-state index in [4.69, 9.17) is 9.97 Å². The number of benzene rings is 8. The van der Waals surface area contributed by atoms with E-state index in [1.54, 1.807) is 0 Å². The molecular formula is C65H59N3O. The van der Waals surface area contributed by atoms with Gasteiger partial charge >= 0.3 is 0 Å². The van der Waals surface area contributed by atoms with Crippen LogP contribution in [0.4, 0.5) is 0 Å². The molecule has 0 saturated carbocycles. The first-order chi connectivity index (χ1) is 33.1. The summed E-state index contributed by atoms with van der Waals surface area (Å²) in [6, 6.07) is 65.2. The number of rotatable bonds is 8. The summed E-state index contributed by atoms with van der Waals surface area (Å²) in [4.78, 5) is 10.6. The standard InChI is InChI=1S/C65H59N3O/c1-41-26-28-45(29-27-41)47-32-33-66-57(39-47)51-37-49(44-18-12-10-13-19-44)36-50(38-51)54-23-17-25-59-61(54)67-63(55-40-52(64(4,5)6)35-43(3)62(55)69)68(59)58-31-30-48(34-42(58)2)60-53(46-20-14-11-15-21-46)22-16-24-56(60)65(7,8)9/h10-40,69H,1-9H3. The number of nitrogens with zero attached hydrogens (tertiary/aromatic N) is 3. The van der Waals surface area contributed by atoms with E-state index >= 15 is 0 Å². The Labute approximate surface area is 407 Å². The van der Waals surface area contributed by atoms with Gasteiger partial charge < -0.3 is 5.11 Å². The zero-order chi connectivity index (χ0) is 48.2. The van der Waals surface area contributed by atoms with Gasteiger partial charge in [0.25, 0.3) is 0 Å². The van der Waals surface area contributed by atoms with Crippen molar-refractivity contribution >= 4 is 11.0 Å². The summed E-state index contributed by atoms with van der Waals surface area (Å²) >= 11 is 0. The molecule has 2 aromatic heterocycles. The van der Waals surface area contributed by atoms with Crippen molar-refractivity contribution in [3.05, 3.63) is 216 Å². The molecule has 1 N–H and O–H groups in total. The summed E-state index contributed by atoms with van der Waals surface area (Å²) in [5.74, 6) is 0.918. The van der Waals surface area contributed by atoms with Crippen molar-refractivity contribution in [1.82, 2.24) is 14.5 Å². The molecule has 10 rings (SSSR count). The van der Waals surface area contributed by atoms with E-state index in [2.05, 4.69) is 242 Å². The van der Waals surface area contributed by atoms with Crippen molar-refractivity contribution in [2.75, 3.05) is 0 Å². The summed E-state index contributed by atoms with van der Waals surface area (Å²) in [5, 5.41) is 12.1. The molecule has 8 aromatic carbocycles. The summed E-state index contributed by atoms with van der Waals surface area (Å²) in [5.41, 5.74) is 22.0. The largest absolute Gasteiger partial charge is 0.507 e. The van der Waals surface area contributed by atoms with Crippen LogP contribution >= 0.6 is 0 Å². The number of aromatic nitrogens is 3. The predicted molar refractivity (Wildman–Crippen MR) is 290 cm³/mol. The Hall–Kier alpha value is -7.82. The Kier molecular flexibility index (Phi) is 11.5. The number of aromatic hydroxyl groups is 1. The van der Waals surface area contributed by atoms with Gasteiger partial charge in [0, 0.05) is 17.3 Å². The van der Waals surface area contributed by atoms with E-state index < -0.39 is 0 Å². The van der Waals surface area contributed by atoms with Gasteiger partial charge in [0.1, 0.15) is 11.6 Å². The van der Waals surface area contributed by atoms with Crippen molar-refractivity contribution in [3.63, 3.8) is 0 Å². The molecule has 0 fully saturated rings. The summed E-state index contributed by atoms with van der Waals surface area (Å²) in [7, 11) is 0. The lowest BCUT2D eigenvalue weighted by Gasteiger charge is -2.26. The van der Waals surface area contributed by atoms with Gasteiger partial charge in [-0.2, -0.15) is 0 Å². The fourth-order valence-electron chi connectivity index (χ4n) is 9.79. The second kappa shape index (κ2) is 17.7. The Morgan fingerprint density at radius 3 is 1.78 bits per heavy atom. The zero-order valence-electron chi connectivity index (χ0n) is 41.2. The SMILES string of the molecule is Cc1ccc(-c2ccnc(-c3cc(-c4ccccc4)cc(-c4cccc5c4nc(-c4cc(C(C)(C)C)cc(C)c4O)n5-c4ccc(-c5c(-c6ccccc6)cccc5C(C)(C)C)cc4C)c3)c2)cc1. The smallest absolute Gasteiger partial charge is 0.149 e. The van der Waals surface area contributed by atoms with E-state index in [0.717, 1.165) is 83.6 Å². The number of imidazole rings is 1. The molecule has 69 heavy (non-hydrogen) atoms. The minimum absolute atomic E-state index is 0.0953. The molecule has 2 heterocycles. The van der Waals surface area contributed by atoms with Crippen LogP contribution in [0.5, 0.6) is 5.75 Å². The van der Waals surface area contributed by atoms with E-state index in [-0.39, 0.29) is 16.6 Å². The van der Waals surface area contributed by atoms with Crippen molar-refractivity contribution in [3.8, 4) is 89.7 Å². The molecule has 0 aliphatic heterocycles. The van der Waals surface area contributed by atoms with Crippen LogP contribution in [0.2, 0.25) is 0 Å². The van der Waals surface area contributed by atoms with Crippen molar-refractivity contribution in [2.24, 2.45) is 0 Å². The molecule has 0 spiro atoms. The monoisotopic (exact) mass is 897 g/mol. The number of pyridine rings is 1. The molecule has 0 atom stereocenters. The molecule has 0 saturated heterocycles. The van der Waals surface area contributed by atoms with Crippen LogP contribution in [0, 0.1) is 20.8 Å². The summed E-state index contributed by atoms with van der Waals surface area (Å²) in [6.45, 7) is 19.8. The third-order valence-corrected chi connectivity index (χ3v) is 13.6. The molecule has 4 nitrogen and oxygen atoms in total. The number of para-hydroxylation sites is 1. The molecule has 0 unspecified atom stereocenters. The average Bonchev–Trinajstić information content (AvgIpc) is 3.74. The molecule has 0 aliphatic rings. The van der Waals surface area contributed by atoms with Gasteiger partial charge in [-0.1, -0.05) is 174 Å². The first kappa shape index (κ1) is 45.0. The third-order valence-electron chi connectivity index (χ3n) is 13.6. The molecular weight excluding hydrogens is 839 g/mol. The van der Waals surface area contributed by atoms with Gasteiger partial charge in [-0.25, -0.2) is 4.98 Å². The summed E-state index contributed by atoms with van der Waals surface area (Å²) in [6.07, 6.45) is 1.91. The first-order valence-electron chi connectivity index (χ1n) is 24.0. The molecule has 10 aromatic rings. The highest BCUT2D eigenvalue weighted by molar-refractivity contribution is 5.98. The quantitative estimate of drug-likeness (QED) is 0.165. The van der Waals surface area contributed by atoms with Gasteiger partial charge in [0.15, 0.2) is 0 Å². The Bertz CT molecular complexity index is 3530. The fraction of sp³-hybridized carbons (Fsp3) is 0.169. The van der Waals surface area contributed by atoms with Gasteiger partial charge in [0.2, 0.25) is 0 Å². The lowest BCUT2D eigenvalue weighted by Crippen LogP contribution is -2.13. The maximum atomic E-state index is 12.1. The number of phenols is 1. The summed E-state index contributed by atoms with van der Waals surface area (Å²) < 4.78 is 2.27. The van der Waals surface area contributed by atoms with Crippen LogP contribution in [0.25, 0.3) is 95.0 Å². The maximum absolute atomic E-state index is 12.1. The normalized spacial score (nSPS) is 11.9. The minimum Gasteiger partial charge on any atom is -0.507 e. The molecule has 4 heteroatoms. The second-order valence-corrected chi connectivity index (χ2v) is 20.7. The molecule has 0 radical (unpaired) electrons. The highest BCUT2D eigenvalue weighted by Crippen LogP contribution is 2.45. The fourth-order valence-corrected chi connectivity index (χ4v) is 9.79. The number of aryl methyl sites for hydroxylation is 3. The molecule has 0 bridgehead atoms. The van der Waals surface area contributed by atoms with Gasteiger partial charge in [0.05, 0.1) is 28.0 Å². The van der Waals surface area contributed by atoms with Gasteiger partial charge in [-0.05, 0) is 159 Å². The van der Waals surface area contributed by atoms with E-state index in [1.165, 1.54) is 27.8 Å². The first-order valence-corrected chi connectivity index (χ1v) is 24.0. The van der Waals surface area contributed by atoms with Crippen molar-refractivity contribution < 1.29 is 5.11 Å². The van der Waals surface area contributed by atoms with Crippen LogP contribution in [-0.2, 0) is 10.8 Å². The molecule has 340 valence electrons. The molecule has 0 aliphatic carbocycles. The Balaban J connectivity index is 1.21. The lowest BCUT2D eigenvalue weighted by atomic mass is 9.78. The molecule has 0 amide bonds. The highest BCUT2D eigenvalue weighted by Gasteiger charge is 2.27. The average molecular weight is 898 g/mol. The zero-order valence-corrected chi connectivity index (χ0v) is 41.2. The van der Waals surface area contributed by atoms with Gasteiger partial charge in [-0.3, -0.25) is 9.55 Å². The lowest BCUT2D eigenvalue weighted by molar-refractivity contribution is 0.471. The minimum atomic E-state index is -0.164. The number of hydrogen-bond acceptors (Lipinski definition) is 3. The number of phenolic OH excluding ortho intramolecular Hbond substituents is 1. The van der Waals surface area contributed by atoms with Crippen LogP contribution in [0.3, 0.4) is 0 Å². The topological polar surface area (TPSA) is 50.9 Å². The van der Waals surface area contributed by atoms with E-state index in [1.807, 2.05) is 13.1 Å². The van der Waals surface area contributed by atoms with Crippen LogP contribution in [0.15, 0.2) is 188 Å². The van der Waals surface area contributed by atoms with Crippen LogP contribution in [0.1, 0.15) is 69.4 Å². The third kappa shape index (κ3) is 8.68. The Morgan fingerprint density at radius 1 is 0.449 bits per heavy atom. The van der Waals surface area contributed by atoms with Gasteiger partial charge in [-0.15, -0.1) is 0 Å². The highest BCUT2D eigenvalue weighted by atomic mass is 16.3. The maximum Gasteiger partial charge on any atom is 0.149 e. The van der Waals surface area contributed by atoms with E-state index in [9.17, 15) is 5.11 Å². The number of hydrogen-bond donors (Lipinski definition) is 1. The van der Waals surface area contributed by atoms with Crippen molar-refractivity contribution in [2.45, 2.75) is 73.1 Å². The van der Waals surface area contributed by atoms with Crippen LogP contribution < -0.4 is 0 Å². The predicted octanol–water partition coefficient (Wildman–Crippen LogP) is 17.3. The number of fused-ring (bicyclic) bond motifs is 1. The van der Waals surface area contributed by atoms with Crippen LogP contribution in [-0.4, -0.2) is 19.6 Å².